The van der Waals surface area contributed by atoms with Gasteiger partial charge in [-0.1, -0.05) is 37.6 Å². The SMILES string of the molecule is CCCNC(CC)C(C)S(=O)Cc1ccc(Cl)cc1. The maximum atomic E-state index is 12.4. The third kappa shape index (κ3) is 5.64. The Morgan fingerprint density at radius 2 is 1.89 bits per heavy atom. The predicted octanol–water partition coefficient (Wildman–Crippen LogP) is 3.76. The number of halogens is 1. The summed E-state index contributed by atoms with van der Waals surface area (Å²) >= 11 is 5.86. The van der Waals surface area contributed by atoms with Crippen LogP contribution in [-0.2, 0) is 16.6 Å². The lowest BCUT2D eigenvalue weighted by atomic mass is 10.1. The van der Waals surface area contributed by atoms with E-state index in [1.165, 1.54) is 0 Å². The molecule has 2 nitrogen and oxygen atoms in total. The zero-order chi connectivity index (χ0) is 14.3. The first kappa shape index (κ1) is 16.7. The van der Waals surface area contributed by atoms with E-state index in [9.17, 15) is 4.21 Å². The zero-order valence-corrected chi connectivity index (χ0v) is 13.6. The summed E-state index contributed by atoms with van der Waals surface area (Å²) in [5.74, 6) is 0.600. The predicted molar refractivity (Wildman–Crippen MR) is 85.1 cm³/mol. The van der Waals surface area contributed by atoms with Crippen LogP contribution in [0.1, 0.15) is 39.2 Å². The third-order valence-corrected chi connectivity index (χ3v) is 5.33. The van der Waals surface area contributed by atoms with E-state index in [0.717, 1.165) is 30.0 Å². The van der Waals surface area contributed by atoms with E-state index in [-0.39, 0.29) is 5.25 Å². The van der Waals surface area contributed by atoms with Crippen LogP contribution in [0.5, 0.6) is 0 Å². The van der Waals surface area contributed by atoms with Crippen LogP contribution in [0.15, 0.2) is 24.3 Å². The molecule has 0 amide bonds. The molecule has 1 N–H and O–H groups in total. The highest BCUT2D eigenvalue weighted by molar-refractivity contribution is 7.84. The summed E-state index contributed by atoms with van der Waals surface area (Å²) in [6.45, 7) is 7.35. The molecule has 0 aliphatic heterocycles. The van der Waals surface area contributed by atoms with E-state index in [1.54, 1.807) is 0 Å². The first-order valence-electron chi connectivity index (χ1n) is 6.93. The number of nitrogens with one attached hydrogen (secondary N) is 1. The molecule has 4 heteroatoms. The van der Waals surface area contributed by atoms with E-state index < -0.39 is 10.8 Å². The van der Waals surface area contributed by atoms with Gasteiger partial charge in [-0.25, -0.2) is 0 Å². The number of hydrogen-bond acceptors (Lipinski definition) is 2. The minimum Gasteiger partial charge on any atom is -0.313 e. The molecule has 0 radical (unpaired) electrons. The standard InChI is InChI=1S/C15H24ClNOS/c1-4-10-17-15(5-2)12(3)19(18)11-13-6-8-14(16)9-7-13/h6-9,12,15,17H,4-5,10-11H2,1-3H3. The summed E-state index contributed by atoms with van der Waals surface area (Å²) in [5.41, 5.74) is 1.08. The summed E-state index contributed by atoms with van der Waals surface area (Å²) < 4.78 is 12.4. The number of rotatable bonds is 8. The summed E-state index contributed by atoms with van der Waals surface area (Å²) in [7, 11) is -0.861. The Balaban J connectivity index is 2.57. The lowest BCUT2D eigenvalue weighted by molar-refractivity contribution is 0.486. The lowest BCUT2D eigenvalue weighted by Gasteiger charge is -2.23. The number of hydrogen-bond donors (Lipinski definition) is 1. The summed E-state index contributed by atoms with van der Waals surface area (Å²) in [4.78, 5) is 0. The molecule has 0 heterocycles. The van der Waals surface area contributed by atoms with Gasteiger partial charge in [0.1, 0.15) is 0 Å². The molecule has 0 aliphatic carbocycles. The largest absolute Gasteiger partial charge is 0.313 e. The van der Waals surface area contributed by atoms with Crippen LogP contribution >= 0.6 is 11.6 Å². The monoisotopic (exact) mass is 301 g/mol. The minimum atomic E-state index is -0.861. The van der Waals surface area contributed by atoms with E-state index in [1.807, 2.05) is 24.3 Å². The van der Waals surface area contributed by atoms with Crippen LogP contribution < -0.4 is 5.32 Å². The van der Waals surface area contributed by atoms with Gasteiger partial charge in [-0.2, -0.15) is 0 Å². The van der Waals surface area contributed by atoms with Crippen molar-refractivity contribution in [2.24, 2.45) is 0 Å². The van der Waals surface area contributed by atoms with Crippen LogP contribution in [0.4, 0.5) is 0 Å². The van der Waals surface area contributed by atoms with E-state index in [2.05, 4.69) is 26.1 Å². The van der Waals surface area contributed by atoms with Crippen molar-refractivity contribution in [1.29, 1.82) is 0 Å². The van der Waals surface area contributed by atoms with Crippen molar-refractivity contribution in [2.45, 2.75) is 50.7 Å². The second-order valence-electron chi connectivity index (χ2n) is 4.83. The van der Waals surface area contributed by atoms with Crippen molar-refractivity contribution in [3.8, 4) is 0 Å². The summed E-state index contributed by atoms with van der Waals surface area (Å²) in [6, 6.07) is 7.94. The molecule has 1 aromatic carbocycles. The van der Waals surface area contributed by atoms with Crippen LogP contribution in [0.3, 0.4) is 0 Å². The number of benzene rings is 1. The smallest absolute Gasteiger partial charge is 0.0488 e. The van der Waals surface area contributed by atoms with Gasteiger partial charge in [-0.15, -0.1) is 0 Å². The molecule has 19 heavy (non-hydrogen) atoms. The highest BCUT2D eigenvalue weighted by Gasteiger charge is 2.20. The second kappa shape index (κ2) is 8.72. The minimum absolute atomic E-state index is 0.159. The first-order chi connectivity index (χ1) is 9.08. The van der Waals surface area contributed by atoms with Gasteiger partial charge in [-0.05, 0) is 44.0 Å². The van der Waals surface area contributed by atoms with Crippen molar-refractivity contribution >= 4 is 22.4 Å². The molecule has 0 fully saturated rings. The average Bonchev–Trinajstić information content (AvgIpc) is 2.42. The summed E-state index contributed by atoms with van der Waals surface area (Å²) in [6.07, 6.45) is 2.11. The quantitative estimate of drug-likeness (QED) is 0.792. The Hall–Kier alpha value is -0.380. The Bertz CT molecular complexity index is 394. The molecule has 0 saturated heterocycles. The average molecular weight is 302 g/mol. The molecule has 0 saturated carbocycles. The molecule has 3 atom stereocenters. The van der Waals surface area contributed by atoms with Gasteiger partial charge < -0.3 is 5.32 Å². The fraction of sp³-hybridized carbons (Fsp3) is 0.600. The maximum absolute atomic E-state index is 12.4. The van der Waals surface area contributed by atoms with Gasteiger partial charge in [0.05, 0.1) is 0 Å². The fourth-order valence-corrected chi connectivity index (χ4v) is 3.60. The fourth-order valence-electron chi connectivity index (χ4n) is 2.03. The van der Waals surface area contributed by atoms with Crippen LogP contribution in [0, 0.1) is 0 Å². The van der Waals surface area contributed by atoms with Gasteiger partial charge in [0.15, 0.2) is 0 Å². The normalized spacial score (nSPS) is 16.0. The lowest BCUT2D eigenvalue weighted by Crippen LogP contribution is -2.40. The maximum Gasteiger partial charge on any atom is 0.0488 e. The van der Waals surface area contributed by atoms with Crippen molar-refractivity contribution < 1.29 is 4.21 Å². The highest BCUT2D eigenvalue weighted by atomic mass is 35.5. The Kier molecular flexibility index (Phi) is 7.66. The molecule has 0 aromatic heterocycles. The molecule has 1 rings (SSSR count). The van der Waals surface area contributed by atoms with E-state index in [0.29, 0.717) is 11.8 Å². The van der Waals surface area contributed by atoms with E-state index >= 15 is 0 Å². The molecule has 108 valence electrons. The molecule has 1 aromatic rings. The van der Waals surface area contributed by atoms with Gasteiger partial charge in [0.2, 0.25) is 0 Å². The van der Waals surface area contributed by atoms with Crippen molar-refractivity contribution in [3.05, 3.63) is 34.9 Å². The van der Waals surface area contributed by atoms with Crippen molar-refractivity contribution in [1.82, 2.24) is 5.32 Å². The molecular formula is C15H24ClNOS. The molecule has 0 aliphatic rings. The van der Waals surface area contributed by atoms with Crippen molar-refractivity contribution in [2.75, 3.05) is 6.54 Å². The molecule has 0 bridgehead atoms. The molecule has 3 unspecified atom stereocenters. The van der Waals surface area contributed by atoms with Crippen LogP contribution in [0.25, 0.3) is 0 Å². The van der Waals surface area contributed by atoms with Gasteiger partial charge >= 0.3 is 0 Å². The van der Waals surface area contributed by atoms with Crippen molar-refractivity contribution in [3.63, 3.8) is 0 Å². The Labute approximate surface area is 124 Å². The first-order valence-corrected chi connectivity index (χ1v) is 8.69. The Morgan fingerprint density at radius 1 is 1.26 bits per heavy atom. The summed E-state index contributed by atoms with van der Waals surface area (Å²) in [5, 5.41) is 4.36. The highest BCUT2D eigenvalue weighted by Crippen LogP contribution is 2.15. The van der Waals surface area contributed by atoms with Gasteiger partial charge in [-0.3, -0.25) is 4.21 Å². The topological polar surface area (TPSA) is 29.1 Å². The third-order valence-electron chi connectivity index (χ3n) is 3.30. The zero-order valence-electron chi connectivity index (χ0n) is 12.0. The van der Waals surface area contributed by atoms with Gasteiger partial charge in [0, 0.05) is 32.9 Å². The Morgan fingerprint density at radius 3 is 2.42 bits per heavy atom. The molecular weight excluding hydrogens is 278 g/mol. The second-order valence-corrected chi connectivity index (χ2v) is 7.06. The van der Waals surface area contributed by atoms with E-state index in [4.69, 9.17) is 11.6 Å². The van der Waals surface area contributed by atoms with Crippen LogP contribution in [-0.4, -0.2) is 22.0 Å². The van der Waals surface area contributed by atoms with Gasteiger partial charge in [0.25, 0.3) is 0 Å². The molecule has 0 spiro atoms. The van der Waals surface area contributed by atoms with Crippen LogP contribution in [0.2, 0.25) is 5.02 Å².